The van der Waals surface area contributed by atoms with Gasteiger partial charge in [-0.3, -0.25) is 14.4 Å². The second-order valence-electron chi connectivity index (χ2n) is 7.55. The number of hydrogen-bond acceptors (Lipinski definition) is 5. The van der Waals surface area contributed by atoms with Crippen LogP contribution in [0.1, 0.15) is 47.4 Å². The van der Waals surface area contributed by atoms with Crippen LogP contribution in [0.25, 0.3) is 0 Å². The van der Waals surface area contributed by atoms with E-state index < -0.39 is 0 Å². The van der Waals surface area contributed by atoms with Gasteiger partial charge in [0.15, 0.2) is 0 Å². The highest BCUT2D eigenvalue weighted by atomic mass is 16.5. The SMILES string of the molecule is O=C(CCCC(=O)OCCCc1ccccc1)Nc1ccc(C(=O)NCc2ccco2)cc1. The summed E-state index contributed by atoms with van der Waals surface area (Å²) in [6, 6.07) is 20.2. The summed E-state index contributed by atoms with van der Waals surface area (Å²) >= 11 is 0. The maximum Gasteiger partial charge on any atom is 0.305 e. The number of carbonyl (C=O) groups excluding carboxylic acids is 3. The fourth-order valence-electron chi connectivity index (χ4n) is 3.18. The third-order valence-electron chi connectivity index (χ3n) is 4.93. The minimum atomic E-state index is -0.291. The summed E-state index contributed by atoms with van der Waals surface area (Å²) < 4.78 is 10.4. The van der Waals surface area contributed by atoms with Crippen molar-refractivity contribution in [3.05, 3.63) is 89.9 Å². The highest BCUT2D eigenvalue weighted by Gasteiger charge is 2.09. The molecule has 1 aromatic heterocycles. The maximum absolute atomic E-state index is 12.2. The lowest BCUT2D eigenvalue weighted by Crippen LogP contribution is -2.22. The second kappa shape index (κ2) is 12.9. The van der Waals surface area contributed by atoms with Gasteiger partial charge < -0.3 is 19.8 Å². The minimum Gasteiger partial charge on any atom is -0.467 e. The van der Waals surface area contributed by atoms with E-state index in [1.165, 1.54) is 5.56 Å². The Morgan fingerprint density at radius 3 is 2.36 bits per heavy atom. The number of rotatable bonds is 12. The number of aryl methyl sites for hydroxylation is 1. The lowest BCUT2D eigenvalue weighted by atomic mass is 10.1. The van der Waals surface area contributed by atoms with Gasteiger partial charge in [-0.15, -0.1) is 0 Å². The van der Waals surface area contributed by atoms with E-state index in [2.05, 4.69) is 10.6 Å². The molecule has 2 aromatic carbocycles. The largest absolute Gasteiger partial charge is 0.467 e. The summed E-state index contributed by atoms with van der Waals surface area (Å²) in [5.41, 5.74) is 2.29. The third-order valence-corrected chi connectivity index (χ3v) is 4.93. The molecule has 0 atom stereocenters. The normalized spacial score (nSPS) is 10.4. The second-order valence-corrected chi connectivity index (χ2v) is 7.55. The Hall–Kier alpha value is -3.87. The van der Waals surface area contributed by atoms with Gasteiger partial charge in [-0.1, -0.05) is 30.3 Å². The third kappa shape index (κ3) is 8.65. The smallest absolute Gasteiger partial charge is 0.305 e. The van der Waals surface area contributed by atoms with Crippen molar-refractivity contribution in [3.8, 4) is 0 Å². The summed E-state index contributed by atoms with van der Waals surface area (Å²) in [6.45, 7) is 0.682. The Kier molecular flexibility index (Phi) is 9.27. The molecule has 0 fully saturated rings. The summed E-state index contributed by atoms with van der Waals surface area (Å²) in [6.07, 6.45) is 4.01. The number of furan rings is 1. The highest BCUT2D eigenvalue weighted by Crippen LogP contribution is 2.11. The molecule has 2 amide bonds. The predicted molar refractivity (Wildman–Crippen MR) is 125 cm³/mol. The van der Waals surface area contributed by atoms with E-state index in [1.807, 2.05) is 30.3 Å². The van der Waals surface area contributed by atoms with Crippen molar-refractivity contribution in [1.82, 2.24) is 5.32 Å². The van der Waals surface area contributed by atoms with E-state index in [0.717, 1.165) is 12.8 Å². The summed E-state index contributed by atoms with van der Waals surface area (Å²) in [4.78, 5) is 36.1. The first-order valence-electron chi connectivity index (χ1n) is 11.0. The molecule has 0 spiro atoms. The number of ether oxygens (including phenoxy) is 1. The molecule has 3 rings (SSSR count). The molecule has 172 valence electrons. The molecular weight excluding hydrogens is 420 g/mol. The topological polar surface area (TPSA) is 97.6 Å². The Morgan fingerprint density at radius 2 is 1.64 bits per heavy atom. The Bertz CT molecular complexity index is 1010. The van der Waals surface area contributed by atoms with Crippen molar-refractivity contribution in [2.24, 2.45) is 0 Å². The van der Waals surface area contributed by atoms with Crippen molar-refractivity contribution >= 4 is 23.5 Å². The van der Waals surface area contributed by atoms with E-state index in [-0.39, 0.29) is 30.6 Å². The van der Waals surface area contributed by atoms with Crippen molar-refractivity contribution in [2.75, 3.05) is 11.9 Å². The van der Waals surface area contributed by atoms with Crippen LogP contribution in [0.3, 0.4) is 0 Å². The monoisotopic (exact) mass is 448 g/mol. The quantitative estimate of drug-likeness (QED) is 0.314. The summed E-state index contributed by atoms with van der Waals surface area (Å²) in [7, 11) is 0. The van der Waals surface area contributed by atoms with Crippen LogP contribution in [0.15, 0.2) is 77.4 Å². The van der Waals surface area contributed by atoms with Gasteiger partial charge in [-0.2, -0.15) is 0 Å². The maximum atomic E-state index is 12.2. The predicted octanol–water partition coefficient (Wildman–Crippen LogP) is 4.49. The van der Waals surface area contributed by atoms with Crippen LogP contribution in [0.2, 0.25) is 0 Å². The van der Waals surface area contributed by atoms with E-state index >= 15 is 0 Å². The number of carbonyl (C=O) groups is 3. The molecular formula is C26H28N2O5. The van der Waals surface area contributed by atoms with Crippen LogP contribution in [-0.2, 0) is 27.3 Å². The van der Waals surface area contributed by atoms with Crippen molar-refractivity contribution in [1.29, 1.82) is 0 Å². The molecule has 2 N–H and O–H groups in total. The van der Waals surface area contributed by atoms with Crippen LogP contribution in [0.4, 0.5) is 5.69 Å². The van der Waals surface area contributed by atoms with Gasteiger partial charge >= 0.3 is 5.97 Å². The number of amides is 2. The zero-order valence-electron chi connectivity index (χ0n) is 18.4. The van der Waals surface area contributed by atoms with Gasteiger partial charge in [0.1, 0.15) is 5.76 Å². The van der Waals surface area contributed by atoms with Crippen LogP contribution >= 0.6 is 0 Å². The molecule has 7 heteroatoms. The molecule has 0 saturated heterocycles. The fraction of sp³-hybridized carbons (Fsp3) is 0.269. The lowest BCUT2D eigenvalue weighted by Gasteiger charge is -2.08. The van der Waals surface area contributed by atoms with E-state index in [9.17, 15) is 14.4 Å². The van der Waals surface area contributed by atoms with Gasteiger partial charge in [-0.05, 0) is 61.2 Å². The molecule has 0 aliphatic heterocycles. The number of benzene rings is 2. The summed E-state index contributed by atoms with van der Waals surface area (Å²) in [5.74, 6) is -0.0440. The van der Waals surface area contributed by atoms with Crippen molar-refractivity contribution in [2.45, 2.75) is 38.6 Å². The first-order chi connectivity index (χ1) is 16.1. The van der Waals surface area contributed by atoms with E-state index in [1.54, 1.807) is 42.7 Å². The molecule has 3 aromatic rings. The highest BCUT2D eigenvalue weighted by molar-refractivity contribution is 5.95. The fourth-order valence-corrected chi connectivity index (χ4v) is 3.18. The Labute approximate surface area is 193 Å². The standard InChI is InChI=1S/C26H28N2O5/c29-24(11-4-12-25(30)33-18-5-9-20-7-2-1-3-8-20)28-22-15-13-21(14-16-22)26(31)27-19-23-10-6-17-32-23/h1-3,6-8,10,13-17H,4-5,9,11-12,18-19H2,(H,27,31)(H,28,29). The first-order valence-corrected chi connectivity index (χ1v) is 11.0. The average molecular weight is 449 g/mol. The molecule has 0 aliphatic carbocycles. The number of esters is 1. The lowest BCUT2D eigenvalue weighted by molar-refractivity contribution is -0.143. The molecule has 0 radical (unpaired) electrons. The summed E-state index contributed by atoms with van der Waals surface area (Å²) in [5, 5.41) is 5.53. The first kappa shape index (κ1) is 23.8. The molecule has 0 saturated carbocycles. The van der Waals surface area contributed by atoms with Crippen LogP contribution in [0.5, 0.6) is 0 Å². The molecule has 0 unspecified atom stereocenters. The van der Waals surface area contributed by atoms with Gasteiger partial charge in [0.2, 0.25) is 5.91 Å². The van der Waals surface area contributed by atoms with Crippen molar-refractivity contribution < 1.29 is 23.5 Å². The van der Waals surface area contributed by atoms with Gasteiger partial charge in [0.05, 0.1) is 19.4 Å². The minimum absolute atomic E-state index is 0.193. The molecule has 1 heterocycles. The van der Waals surface area contributed by atoms with Crippen molar-refractivity contribution in [3.63, 3.8) is 0 Å². The van der Waals surface area contributed by atoms with E-state index in [0.29, 0.717) is 36.6 Å². The Morgan fingerprint density at radius 1 is 0.848 bits per heavy atom. The van der Waals surface area contributed by atoms with Gasteiger partial charge in [-0.25, -0.2) is 0 Å². The van der Waals surface area contributed by atoms with Crippen LogP contribution in [0, 0.1) is 0 Å². The number of hydrogen-bond donors (Lipinski definition) is 2. The molecule has 7 nitrogen and oxygen atoms in total. The average Bonchev–Trinajstić information content (AvgIpc) is 3.35. The molecule has 33 heavy (non-hydrogen) atoms. The zero-order valence-corrected chi connectivity index (χ0v) is 18.4. The van der Waals surface area contributed by atoms with E-state index in [4.69, 9.17) is 9.15 Å². The number of nitrogens with one attached hydrogen (secondary N) is 2. The number of anilines is 1. The van der Waals surface area contributed by atoms with Crippen LogP contribution < -0.4 is 10.6 Å². The van der Waals surface area contributed by atoms with Crippen LogP contribution in [-0.4, -0.2) is 24.4 Å². The Balaban J connectivity index is 1.28. The molecule has 0 bridgehead atoms. The van der Waals surface area contributed by atoms with Gasteiger partial charge in [0.25, 0.3) is 5.91 Å². The zero-order chi connectivity index (χ0) is 23.3. The van der Waals surface area contributed by atoms with Gasteiger partial charge in [0, 0.05) is 24.1 Å². The molecule has 0 aliphatic rings.